The summed E-state index contributed by atoms with van der Waals surface area (Å²) < 4.78 is 11.6. The molecule has 0 fully saturated rings. The standard InChI is InChI=1S/C18H15ClO3S/c1-10-4-5-11(2)14(8-10)22-18(20)17-16(19)13-7-6-12(21-3)9-15(13)23-17/h4-9H,1-3H3. The summed E-state index contributed by atoms with van der Waals surface area (Å²) >= 11 is 7.66. The number of aryl methyl sites for hydroxylation is 2. The van der Waals surface area contributed by atoms with Crippen LogP contribution < -0.4 is 9.47 Å². The van der Waals surface area contributed by atoms with Crippen LogP contribution in [0.1, 0.15) is 20.8 Å². The monoisotopic (exact) mass is 346 g/mol. The van der Waals surface area contributed by atoms with Gasteiger partial charge in [-0.2, -0.15) is 0 Å². The Balaban J connectivity index is 1.97. The minimum absolute atomic E-state index is 0.399. The van der Waals surface area contributed by atoms with Gasteiger partial charge in [0.2, 0.25) is 0 Å². The van der Waals surface area contributed by atoms with Gasteiger partial charge in [0.05, 0.1) is 12.1 Å². The summed E-state index contributed by atoms with van der Waals surface area (Å²) in [5.74, 6) is 0.842. The molecule has 0 aliphatic heterocycles. The molecule has 3 rings (SSSR count). The molecule has 2 aromatic carbocycles. The van der Waals surface area contributed by atoms with Crippen molar-refractivity contribution in [3.8, 4) is 11.5 Å². The van der Waals surface area contributed by atoms with Crippen LogP contribution in [0.2, 0.25) is 5.02 Å². The molecule has 118 valence electrons. The van der Waals surface area contributed by atoms with Crippen molar-refractivity contribution in [3.05, 3.63) is 57.4 Å². The molecule has 0 unspecified atom stereocenters. The van der Waals surface area contributed by atoms with E-state index in [9.17, 15) is 4.79 Å². The third-order valence-electron chi connectivity index (χ3n) is 3.57. The van der Waals surface area contributed by atoms with Crippen molar-refractivity contribution in [2.75, 3.05) is 7.11 Å². The molecule has 0 N–H and O–H groups in total. The maximum Gasteiger partial charge on any atom is 0.355 e. The van der Waals surface area contributed by atoms with Gasteiger partial charge in [-0.1, -0.05) is 23.7 Å². The van der Waals surface area contributed by atoms with E-state index in [1.54, 1.807) is 7.11 Å². The number of rotatable bonds is 3. The van der Waals surface area contributed by atoms with Crippen molar-refractivity contribution in [2.24, 2.45) is 0 Å². The zero-order valence-corrected chi connectivity index (χ0v) is 14.5. The number of hydrogen-bond acceptors (Lipinski definition) is 4. The van der Waals surface area contributed by atoms with Crippen LogP contribution in [0, 0.1) is 13.8 Å². The first-order valence-electron chi connectivity index (χ1n) is 7.05. The molecule has 0 aliphatic carbocycles. The highest BCUT2D eigenvalue weighted by atomic mass is 35.5. The van der Waals surface area contributed by atoms with E-state index in [1.165, 1.54) is 11.3 Å². The topological polar surface area (TPSA) is 35.5 Å². The molecular formula is C18H15ClO3S. The minimum atomic E-state index is -0.441. The molecule has 0 saturated carbocycles. The molecule has 0 aliphatic rings. The Labute approximate surface area is 143 Å². The number of carbonyl (C=O) groups is 1. The first-order chi connectivity index (χ1) is 11.0. The molecule has 23 heavy (non-hydrogen) atoms. The van der Waals surface area contributed by atoms with E-state index in [2.05, 4.69) is 0 Å². The summed E-state index contributed by atoms with van der Waals surface area (Å²) in [7, 11) is 1.60. The normalized spacial score (nSPS) is 10.8. The van der Waals surface area contributed by atoms with E-state index in [0.717, 1.165) is 27.0 Å². The van der Waals surface area contributed by atoms with Crippen molar-refractivity contribution in [3.63, 3.8) is 0 Å². The second kappa shape index (κ2) is 6.22. The van der Waals surface area contributed by atoms with E-state index in [1.807, 2.05) is 50.2 Å². The van der Waals surface area contributed by atoms with Crippen molar-refractivity contribution < 1.29 is 14.3 Å². The number of fused-ring (bicyclic) bond motifs is 1. The predicted molar refractivity (Wildman–Crippen MR) is 94.3 cm³/mol. The number of hydrogen-bond donors (Lipinski definition) is 0. The van der Waals surface area contributed by atoms with Crippen molar-refractivity contribution in [1.82, 2.24) is 0 Å². The number of halogens is 1. The van der Waals surface area contributed by atoms with E-state index >= 15 is 0 Å². The number of carbonyl (C=O) groups excluding carboxylic acids is 1. The lowest BCUT2D eigenvalue weighted by Crippen LogP contribution is -2.08. The van der Waals surface area contributed by atoms with Gasteiger partial charge >= 0.3 is 5.97 Å². The lowest BCUT2D eigenvalue weighted by atomic mass is 10.1. The van der Waals surface area contributed by atoms with Crippen molar-refractivity contribution >= 4 is 39.0 Å². The van der Waals surface area contributed by atoms with Crippen LogP contribution in [-0.4, -0.2) is 13.1 Å². The van der Waals surface area contributed by atoms with Gasteiger partial charge < -0.3 is 9.47 Å². The average molecular weight is 347 g/mol. The minimum Gasteiger partial charge on any atom is -0.497 e. The van der Waals surface area contributed by atoms with Gasteiger partial charge in [0.1, 0.15) is 16.4 Å². The number of esters is 1. The molecule has 0 radical (unpaired) electrons. The Kier molecular flexibility index (Phi) is 4.28. The molecule has 0 spiro atoms. The molecule has 0 saturated heterocycles. The third-order valence-corrected chi connectivity index (χ3v) is 5.21. The van der Waals surface area contributed by atoms with Gasteiger partial charge in [-0.3, -0.25) is 0 Å². The van der Waals surface area contributed by atoms with E-state index in [-0.39, 0.29) is 0 Å². The van der Waals surface area contributed by atoms with Gasteiger partial charge in [-0.25, -0.2) is 4.79 Å². The van der Waals surface area contributed by atoms with Gasteiger partial charge in [0.15, 0.2) is 0 Å². The number of ether oxygens (including phenoxy) is 2. The highest BCUT2D eigenvalue weighted by Gasteiger charge is 2.20. The number of methoxy groups -OCH3 is 1. The second-order valence-electron chi connectivity index (χ2n) is 5.27. The highest BCUT2D eigenvalue weighted by Crippen LogP contribution is 2.38. The summed E-state index contributed by atoms with van der Waals surface area (Å²) in [4.78, 5) is 12.9. The summed E-state index contributed by atoms with van der Waals surface area (Å²) in [5.41, 5.74) is 1.94. The SMILES string of the molecule is COc1ccc2c(Cl)c(C(=O)Oc3cc(C)ccc3C)sc2c1. The molecule has 0 atom stereocenters. The maximum atomic E-state index is 12.5. The summed E-state index contributed by atoms with van der Waals surface area (Å²) in [5, 5.41) is 1.24. The Morgan fingerprint density at radius 3 is 2.65 bits per heavy atom. The summed E-state index contributed by atoms with van der Waals surface area (Å²) in [6.07, 6.45) is 0. The molecule has 5 heteroatoms. The number of benzene rings is 2. The fourth-order valence-electron chi connectivity index (χ4n) is 2.27. The van der Waals surface area contributed by atoms with Crippen molar-refractivity contribution in [1.29, 1.82) is 0 Å². The van der Waals surface area contributed by atoms with Crippen LogP contribution in [0.25, 0.3) is 10.1 Å². The number of thiophene rings is 1. The first kappa shape index (κ1) is 15.8. The third kappa shape index (κ3) is 3.05. The molecule has 1 heterocycles. The molecule has 1 aromatic heterocycles. The van der Waals surface area contributed by atoms with Crippen LogP contribution in [-0.2, 0) is 0 Å². The average Bonchev–Trinajstić information content (AvgIpc) is 2.87. The Morgan fingerprint density at radius 1 is 1.13 bits per heavy atom. The van der Waals surface area contributed by atoms with Gasteiger partial charge in [0.25, 0.3) is 0 Å². The Bertz CT molecular complexity index is 899. The van der Waals surface area contributed by atoms with Crippen LogP contribution in [0.15, 0.2) is 36.4 Å². The molecule has 3 nitrogen and oxygen atoms in total. The van der Waals surface area contributed by atoms with Crippen molar-refractivity contribution in [2.45, 2.75) is 13.8 Å². The largest absolute Gasteiger partial charge is 0.497 e. The Hall–Kier alpha value is -2.04. The molecule has 0 bridgehead atoms. The quantitative estimate of drug-likeness (QED) is 0.470. The fourth-order valence-corrected chi connectivity index (χ4v) is 3.68. The Morgan fingerprint density at radius 2 is 1.91 bits per heavy atom. The smallest absolute Gasteiger partial charge is 0.355 e. The lowest BCUT2D eigenvalue weighted by Gasteiger charge is -2.07. The second-order valence-corrected chi connectivity index (χ2v) is 6.70. The highest BCUT2D eigenvalue weighted by molar-refractivity contribution is 7.21. The predicted octanol–water partition coefficient (Wildman–Crippen LogP) is 5.40. The summed E-state index contributed by atoms with van der Waals surface area (Å²) in [6.45, 7) is 3.86. The summed E-state index contributed by atoms with van der Waals surface area (Å²) in [6, 6.07) is 11.3. The maximum absolute atomic E-state index is 12.5. The zero-order valence-electron chi connectivity index (χ0n) is 13.0. The molecule has 0 amide bonds. The van der Waals surface area contributed by atoms with E-state index < -0.39 is 5.97 Å². The van der Waals surface area contributed by atoms with Crippen LogP contribution in [0.3, 0.4) is 0 Å². The molecular weight excluding hydrogens is 332 g/mol. The van der Waals surface area contributed by atoms with Gasteiger partial charge in [-0.05, 0) is 49.2 Å². The first-order valence-corrected chi connectivity index (χ1v) is 8.24. The van der Waals surface area contributed by atoms with Crippen LogP contribution >= 0.6 is 22.9 Å². The van der Waals surface area contributed by atoms with Gasteiger partial charge in [0, 0.05) is 10.1 Å². The van der Waals surface area contributed by atoms with E-state index in [4.69, 9.17) is 21.1 Å². The van der Waals surface area contributed by atoms with Gasteiger partial charge in [-0.15, -0.1) is 11.3 Å². The lowest BCUT2D eigenvalue weighted by molar-refractivity contribution is 0.0739. The van der Waals surface area contributed by atoms with Crippen LogP contribution in [0.4, 0.5) is 0 Å². The zero-order chi connectivity index (χ0) is 16.6. The fraction of sp³-hybridized carbons (Fsp3) is 0.167. The van der Waals surface area contributed by atoms with Crippen LogP contribution in [0.5, 0.6) is 11.5 Å². The van der Waals surface area contributed by atoms with E-state index in [0.29, 0.717) is 15.6 Å². The molecule has 3 aromatic rings.